The van der Waals surface area contributed by atoms with Crippen LogP contribution in [0.15, 0.2) is 24.5 Å². The van der Waals surface area contributed by atoms with E-state index in [1.54, 1.807) is 12.4 Å². The maximum Gasteiger partial charge on any atom is 0.230 e. The molecule has 3 heteroatoms. The molecule has 0 spiro atoms. The first-order valence-corrected chi connectivity index (χ1v) is 5.82. The number of pyridine rings is 1. The molecule has 0 bridgehead atoms. The third-order valence-corrected chi connectivity index (χ3v) is 3.39. The first-order chi connectivity index (χ1) is 7.60. The number of nitrogens with one attached hydrogen (secondary N) is 1. The van der Waals surface area contributed by atoms with E-state index in [0.29, 0.717) is 6.04 Å². The van der Waals surface area contributed by atoms with Crippen LogP contribution in [0.1, 0.15) is 38.7 Å². The van der Waals surface area contributed by atoms with Crippen molar-refractivity contribution >= 4 is 5.91 Å². The zero-order valence-electron chi connectivity index (χ0n) is 9.86. The van der Waals surface area contributed by atoms with E-state index in [9.17, 15) is 4.79 Å². The molecule has 86 valence electrons. The average molecular weight is 218 g/mol. The van der Waals surface area contributed by atoms with Crippen molar-refractivity contribution in [3.63, 3.8) is 0 Å². The fraction of sp³-hybridized carbons (Fsp3) is 0.538. The summed E-state index contributed by atoms with van der Waals surface area (Å²) in [6.07, 6.45) is 6.96. The van der Waals surface area contributed by atoms with Gasteiger partial charge in [0, 0.05) is 18.4 Å². The van der Waals surface area contributed by atoms with Gasteiger partial charge < -0.3 is 5.32 Å². The predicted octanol–water partition coefficient (Wildman–Crippen LogP) is 2.03. The summed E-state index contributed by atoms with van der Waals surface area (Å²) < 4.78 is 0. The maximum absolute atomic E-state index is 12.1. The number of aromatic nitrogens is 1. The summed E-state index contributed by atoms with van der Waals surface area (Å²) in [5, 5.41) is 3.09. The van der Waals surface area contributed by atoms with Gasteiger partial charge in [0.05, 0.1) is 5.41 Å². The molecule has 1 saturated carbocycles. The zero-order chi connectivity index (χ0) is 11.6. The maximum atomic E-state index is 12.1. The number of hydrogen-bond donors (Lipinski definition) is 1. The van der Waals surface area contributed by atoms with Crippen LogP contribution in [0, 0.1) is 0 Å². The molecule has 0 aromatic carbocycles. The molecule has 1 aliphatic carbocycles. The highest BCUT2D eigenvalue weighted by Gasteiger charge is 2.32. The summed E-state index contributed by atoms with van der Waals surface area (Å²) in [5.74, 6) is 0.102. The second-order valence-electron chi connectivity index (χ2n) is 4.97. The smallest absolute Gasteiger partial charge is 0.230 e. The molecule has 1 N–H and O–H groups in total. The molecule has 0 aliphatic heterocycles. The molecule has 2 rings (SSSR count). The van der Waals surface area contributed by atoms with Gasteiger partial charge in [0.1, 0.15) is 0 Å². The largest absolute Gasteiger partial charge is 0.353 e. The summed E-state index contributed by atoms with van der Waals surface area (Å²) >= 11 is 0. The number of amides is 1. The fourth-order valence-corrected chi connectivity index (χ4v) is 1.78. The van der Waals surface area contributed by atoms with Gasteiger partial charge in [0.15, 0.2) is 0 Å². The van der Waals surface area contributed by atoms with Crippen molar-refractivity contribution in [2.24, 2.45) is 0 Å². The second kappa shape index (κ2) is 4.24. The molecule has 1 amide bonds. The zero-order valence-corrected chi connectivity index (χ0v) is 9.86. The molecule has 0 unspecified atom stereocenters. The molecule has 1 heterocycles. The van der Waals surface area contributed by atoms with Gasteiger partial charge in [0.25, 0.3) is 0 Å². The molecule has 1 aliphatic rings. The van der Waals surface area contributed by atoms with Crippen molar-refractivity contribution in [2.45, 2.75) is 44.6 Å². The Hall–Kier alpha value is -1.38. The van der Waals surface area contributed by atoms with Gasteiger partial charge in [-0.3, -0.25) is 9.78 Å². The van der Waals surface area contributed by atoms with Crippen LogP contribution in [0.2, 0.25) is 0 Å². The van der Waals surface area contributed by atoms with Gasteiger partial charge in [-0.25, -0.2) is 0 Å². The second-order valence-corrected chi connectivity index (χ2v) is 4.97. The molecule has 3 nitrogen and oxygen atoms in total. The van der Waals surface area contributed by atoms with Crippen LogP contribution < -0.4 is 5.32 Å². The minimum absolute atomic E-state index is 0.102. The molecule has 1 fully saturated rings. The van der Waals surface area contributed by atoms with Crippen LogP contribution in [0.4, 0.5) is 0 Å². The third kappa shape index (κ3) is 2.08. The molecule has 0 atom stereocenters. The van der Waals surface area contributed by atoms with Crippen LogP contribution in [0.25, 0.3) is 0 Å². The molecule has 1 aromatic rings. The Balaban J connectivity index is 2.08. The Morgan fingerprint density at radius 1 is 1.50 bits per heavy atom. The third-order valence-electron chi connectivity index (χ3n) is 3.39. The molecule has 1 aromatic heterocycles. The summed E-state index contributed by atoms with van der Waals surface area (Å²) in [6.45, 7) is 3.88. The lowest BCUT2D eigenvalue weighted by molar-refractivity contribution is -0.126. The number of nitrogens with zero attached hydrogens (tertiary/aromatic N) is 1. The van der Waals surface area contributed by atoms with E-state index < -0.39 is 5.41 Å². The standard InChI is InChI=1S/C13H18N2O/c1-13(2,10-5-4-8-14-9-10)12(16)15-11-6-3-7-11/h4-5,8-9,11H,3,6-7H2,1-2H3,(H,15,16). The van der Waals surface area contributed by atoms with Gasteiger partial charge in [-0.15, -0.1) is 0 Å². The Kier molecular flexibility index (Phi) is 2.95. The minimum atomic E-state index is -0.496. The summed E-state index contributed by atoms with van der Waals surface area (Å²) in [5.41, 5.74) is 0.468. The van der Waals surface area contributed by atoms with E-state index in [0.717, 1.165) is 18.4 Å². The van der Waals surface area contributed by atoms with Crippen LogP contribution >= 0.6 is 0 Å². The highest BCUT2D eigenvalue weighted by molar-refractivity contribution is 5.87. The summed E-state index contributed by atoms with van der Waals surface area (Å²) in [6, 6.07) is 4.21. The van der Waals surface area contributed by atoms with Crippen molar-refractivity contribution in [2.75, 3.05) is 0 Å². The normalized spacial score (nSPS) is 16.6. The molecular weight excluding hydrogens is 200 g/mol. The topological polar surface area (TPSA) is 42.0 Å². The number of rotatable bonds is 3. The van der Waals surface area contributed by atoms with Crippen LogP contribution in [0.3, 0.4) is 0 Å². The Labute approximate surface area is 96.3 Å². The lowest BCUT2D eigenvalue weighted by Gasteiger charge is -2.31. The minimum Gasteiger partial charge on any atom is -0.353 e. The number of carbonyl (C=O) groups excluding carboxylic acids is 1. The fourth-order valence-electron chi connectivity index (χ4n) is 1.78. The quantitative estimate of drug-likeness (QED) is 0.843. The average Bonchev–Trinajstić information content (AvgIpc) is 2.24. The lowest BCUT2D eigenvalue weighted by atomic mass is 9.83. The van der Waals surface area contributed by atoms with E-state index in [1.807, 2.05) is 26.0 Å². The van der Waals surface area contributed by atoms with Crippen molar-refractivity contribution in [3.05, 3.63) is 30.1 Å². The van der Waals surface area contributed by atoms with Crippen LogP contribution in [-0.4, -0.2) is 16.9 Å². The Morgan fingerprint density at radius 2 is 2.25 bits per heavy atom. The SMILES string of the molecule is CC(C)(C(=O)NC1CCC1)c1cccnc1. The van der Waals surface area contributed by atoms with Gasteiger partial charge in [0.2, 0.25) is 5.91 Å². The Bertz CT molecular complexity index is 369. The molecule has 0 radical (unpaired) electrons. The van der Waals surface area contributed by atoms with Gasteiger partial charge >= 0.3 is 0 Å². The van der Waals surface area contributed by atoms with Gasteiger partial charge in [-0.1, -0.05) is 6.07 Å². The van der Waals surface area contributed by atoms with E-state index in [2.05, 4.69) is 10.3 Å². The molecule has 0 saturated heterocycles. The van der Waals surface area contributed by atoms with E-state index >= 15 is 0 Å². The number of hydrogen-bond acceptors (Lipinski definition) is 2. The Morgan fingerprint density at radius 3 is 2.75 bits per heavy atom. The van der Waals surface area contributed by atoms with Crippen molar-refractivity contribution in [1.29, 1.82) is 0 Å². The monoisotopic (exact) mass is 218 g/mol. The lowest BCUT2D eigenvalue weighted by Crippen LogP contribution is -2.47. The molecule has 16 heavy (non-hydrogen) atoms. The van der Waals surface area contributed by atoms with Crippen molar-refractivity contribution < 1.29 is 4.79 Å². The number of carbonyl (C=O) groups is 1. The molecular formula is C13H18N2O. The summed E-state index contributed by atoms with van der Waals surface area (Å²) in [7, 11) is 0. The van der Waals surface area contributed by atoms with Gasteiger partial charge in [-0.05, 0) is 44.7 Å². The van der Waals surface area contributed by atoms with Crippen molar-refractivity contribution in [3.8, 4) is 0 Å². The first kappa shape index (κ1) is 11.1. The van der Waals surface area contributed by atoms with Crippen molar-refractivity contribution in [1.82, 2.24) is 10.3 Å². The van der Waals surface area contributed by atoms with E-state index in [-0.39, 0.29) is 5.91 Å². The highest BCUT2D eigenvalue weighted by atomic mass is 16.2. The van der Waals surface area contributed by atoms with Gasteiger partial charge in [-0.2, -0.15) is 0 Å². The summed E-state index contributed by atoms with van der Waals surface area (Å²) in [4.78, 5) is 16.2. The van der Waals surface area contributed by atoms with E-state index in [4.69, 9.17) is 0 Å². The van der Waals surface area contributed by atoms with Crippen LogP contribution in [0.5, 0.6) is 0 Å². The van der Waals surface area contributed by atoms with E-state index in [1.165, 1.54) is 6.42 Å². The highest BCUT2D eigenvalue weighted by Crippen LogP contribution is 2.25. The first-order valence-electron chi connectivity index (χ1n) is 5.82. The van der Waals surface area contributed by atoms with Crippen LogP contribution in [-0.2, 0) is 10.2 Å². The predicted molar refractivity (Wildman–Crippen MR) is 63.0 cm³/mol.